The van der Waals surface area contributed by atoms with E-state index in [0.29, 0.717) is 50.9 Å². The summed E-state index contributed by atoms with van der Waals surface area (Å²) in [7, 11) is 1.72. The van der Waals surface area contributed by atoms with Crippen molar-refractivity contribution in [1.82, 2.24) is 15.1 Å². The predicted molar refractivity (Wildman–Crippen MR) is 111 cm³/mol. The van der Waals surface area contributed by atoms with Crippen LogP contribution in [-0.2, 0) is 4.79 Å². The smallest absolute Gasteiger partial charge is 0.224 e. The van der Waals surface area contributed by atoms with Gasteiger partial charge in [0, 0.05) is 64.8 Å². The Morgan fingerprint density at radius 1 is 1.17 bits per heavy atom. The summed E-state index contributed by atoms with van der Waals surface area (Å²) < 4.78 is 27.5. The van der Waals surface area contributed by atoms with Crippen LogP contribution in [0.5, 0.6) is 0 Å². The minimum absolute atomic E-state index is 0.187. The second-order valence-electron chi connectivity index (χ2n) is 7.73. The van der Waals surface area contributed by atoms with Crippen molar-refractivity contribution < 1.29 is 13.6 Å². The van der Waals surface area contributed by atoms with Crippen LogP contribution in [0, 0.1) is 11.6 Å². The van der Waals surface area contributed by atoms with E-state index in [1.807, 2.05) is 9.80 Å². The molecule has 0 aromatic heterocycles. The average molecular weight is 408 g/mol. The van der Waals surface area contributed by atoms with Crippen molar-refractivity contribution >= 4 is 17.6 Å². The number of rotatable bonds is 4. The molecule has 2 fully saturated rings. The largest absolute Gasteiger partial charge is 0.366 e. The normalized spacial score (nSPS) is 20.8. The average Bonchev–Trinajstić information content (AvgIpc) is 2.73. The number of halogens is 2. The molecule has 2 aliphatic rings. The van der Waals surface area contributed by atoms with Crippen molar-refractivity contribution in [1.29, 1.82) is 0 Å². The molecule has 8 heteroatoms. The molecule has 0 saturated carbocycles. The van der Waals surface area contributed by atoms with Crippen LogP contribution >= 0.6 is 0 Å². The van der Waals surface area contributed by atoms with E-state index in [0.717, 1.165) is 37.5 Å². The Kier molecular flexibility index (Phi) is 7.28. The number of likely N-dealkylation sites (tertiary alicyclic amines) is 1. The number of aliphatic imine (C=N–C) groups is 1. The molecule has 1 atom stereocenters. The summed E-state index contributed by atoms with van der Waals surface area (Å²) in [5.74, 6) is 0.0808. The molecule has 0 aliphatic carbocycles. The van der Waals surface area contributed by atoms with E-state index in [1.54, 1.807) is 7.05 Å². The summed E-state index contributed by atoms with van der Waals surface area (Å²) >= 11 is 0. The van der Waals surface area contributed by atoms with Crippen LogP contribution in [-0.4, -0.2) is 74.0 Å². The van der Waals surface area contributed by atoms with Gasteiger partial charge in [-0.1, -0.05) is 0 Å². The molecule has 0 bridgehead atoms. The van der Waals surface area contributed by atoms with Gasteiger partial charge in [-0.25, -0.2) is 8.78 Å². The maximum absolute atomic E-state index is 14.0. The van der Waals surface area contributed by atoms with Crippen LogP contribution < -0.4 is 10.2 Å². The number of hydrogen-bond acceptors (Lipinski definition) is 3. The van der Waals surface area contributed by atoms with Gasteiger partial charge < -0.3 is 20.0 Å². The maximum atomic E-state index is 14.0. The molecule has 2 heterocycles. The molecule has 3 rings (SSSR count). The van der Waals surface area contributed by atoms with Gasteiger partial charge in [-0.15, -0.1) is 0 Å². The molecular formula is C21H31F2N5O. The molecule has 1 aromatic carbocycles. The number of anilines is 1. The Labute approximate surface area is 171 Å². The van der Waals surface area contributed by atoms with Gasteiger partial charge in [0.05, 0.1) is 5.69 Å². The van der Waals surface area contributed by atoms with Crippen molar-refractivity contribution in [2.24, 2.45) is 4.99 Å². The highest BCUT2D eigenvalue weighted by atomic mass is 19.1. The van der Waals surface area contributed by atoms with Gasteiger partial charge in [-0.3, -0.25) is 9.79 Å². The molecule has 29 heavy (non-hydrogen) atoms. The Hall–Kier alpha value is -2.38. The lowest BCUT2D eigenvalue weighted by atomic mass is 10.0. The van der Waals surface area contributed by atoms with E-state index in [9.17, 15) is 13.6 Å². The second-order valence-corrected chi connectivity index (χ2v) is 7.73. The van der Waals surface area contributed by atoms with Crippen molar-refractivity contribution in [3.63, 3.8) is 0 Å². The number of amides is 1. The highest BCUT2D eigenvalue weighted by molar-refractivity contribution is 5.81. The number of benzene rings is 1. The highest BCUT2D eigenvalue weighted by Crippen LogP contribution is 2.22. The first kappa shape index (κ1) is 21.3. The Morgan fingerprint density at radius 3 is 2.62 bits per heavy atom. The highest BCUT2D eigenvalue weighted by Gasteiger charge is 2.24. The summed E-state index contributed by atoms with van der Waals surface area (Å²) in [6, 6.07) is 3.86. The van der Waals surface area contributed by atoms with E-state index in [4.69, 9.17) is 0 Å². The lowest BCUT2D eigenvalue weighted by Crippen LogP contribution is -2.53. The third kappa shape index (κ3) is 5.36. The van der Waals surface area contributed by atoms with Gasteiger partial charge >= 0.3 is 0 Å². The lowest BCUT2D eigenvalue weighted by molar-refractivity contribution is -0.134. The van der Waals surface area contributed by atoms with Gasteiger partial charge in [-0.05, 0) is 38.3 Å². The minimum Gasteiger partial charge on any atom is -0.366 e. The van der Waals surface area contributed by atoms with E-state index in [-0.39, 0.29) is 5.91 Å². The zero-order valence-corrected chi connectivity index (χ0v) is 17.3. The second kappa shape index (κ2) is 9.89. The summed E-state index contributed by atoms with van der Waals surface area (Å²) in [5, 5.41) is 3.27. The van der Waals surface area contributed by atoms with Crippen LogP contribution in [0.3, 0.4) is 0 Å². The monoisotopic (exact) mass is 407 g/mol. The van der Waals surface area contributed by atoms with Gasteiger partial charge in [0.25, 0.3) is 0 Å². The van der Waals surface area contributed by atoms with Crippen LogP contribution in [0.4, 0.5) is 14.5 Å². The Bertz CT molecular complexity index is 734. The fourth-order valence-electron chi connectivity index (χ4n) is 4.11. The standard InChI is InChI=1S/C21H31F2N5O/c1-16-5-3-4-10-28(16)20(29)8-9-25-21(24-2)27-13-11-26(12-14-27)19-15-17(22)6-7-18(19)23/h6-7,15-16H,3-5,8-14H2,1-2H3,(H,24,25). The fourth-order valence-corrected chi connectivity index (χ4v) is 4.11. The lowest BCUT2D eigenvalue weighted by Gasteiger charge is -2.38. The van der Waals surface area contributed by atoms with Crippen LogP contribution in [0.1, 0.15) is 32.6 Å². The maximum Gasteiger partial charge on any atom is 0.224 e. The number of carbonyl (C=O) groups is 1. The van der Waals surface area contributed by atoms with Gasteiger partial charge in [0.2, 0.25) is 5.91 Å². The molecule has 0 spiro atoms. The van der Waals surface area contributed by atoms with E-state index in [1.165, 1.54) is 12.5 Å². The third-order valence-electron chi connectivity index (χ3n) is 5.79. The summed E-state index contributed by atoms with van der Waals surface area (Å²) in [4.78, 5) is 22.7. The van der Waals surface area contributed by atoms with Crippen LogP contribution in [0.25, 0.3) is 0 Å². The number of piperazine rings is 1. The van der Waals surface area contributed by atoms with E-state index < -0.39 is 11.6 Å². The van der Waals surface area contributed by atoms with Crippen molar-refractivity contribution in [3.05, 3.63) is 29.8 Å². The van der Waals surface area contributed by atoms with Crippen LogP contribution in [0.15, 0.2) is 23.2 Å². The number of carbonyl (C=O) groups excluding carboxylic acids is 1. The third-order valence-corrected chi connectivity index (χ3v) is 5.79. The molecule has 0 radical (unpaired) electrons. The van der Waals surface area contributed by atoms with Gasteiger partial charge in [0.15, 0.2) is 5.96 Å². The minimum atomic E-state index is -0.436. The quantitative estimate of drug-likeness (QED) is 0.615. The fraction of sp³-hybridized carbons (Fsp3) is 0.619. The first-order valence-electron chi connectivity index (χ1n) is 10.4. The number of piperidine rings is 1. The summed E-state index contributed by atoms with van der Waals surface area (Å²) in [6.45, 7) is 5.95. The predicted octanol–water partition coefficient (Wildman–Crippen LogP) is 2.45. The number of hydrogen-bond donors (Lipinski definition) is 1. The molecule has 1 N–H and O–H groups in total. The number of guanidine groups is 1. The SMILES string of the molecule is CN=C(NCCC(=O)N1CCCCC1C)N1CCN(c2cc(F)ccc2F)CC1. The zero-order valence-electron chi connectivity index (χ0n) is 17.3. The molecule has 1 amide bonds. The number of nitrogens with zero attached hydrogens (tertiary/aromatic N) is 4. The molecule has 6 nitrogen and oxygen atoms in total. The van der Waals surface area contributed by atoms with E-state index in [2.05, 4.69) is 22.1 Å². The first-order chi connectivity index (χ1) is 14.0. The van der Waals surface area contributed by atoms with Gasteiger partial charge in [-0.2, -0.15) is 0 Å². The molecular weight excluding hydrogens is 376 g/mol. The molecule has 2 saturated heterocycles. The summed E-state index contributed by atoms with van der Waals surface area (Å²) in [6.07, 6.45) is 3.80. The summed E-state index contributed by atoms with van der Waals surface area (Å²) in [5.41, 5.74) is 0.300. The molecule has 1 aromatic rings. The van der Waals surface area contributed by atoms with Crippen LogP contribution in [0.2, 0.25) is 0 Å². The Morgan fingerprint density at radius 2 is 1.93 bits per heavy atom. The number of nitrogens with one attached hydrogen (secondary N) is 1. The van der Waals surface area contributed by atoms with Crippen molar-refractivity contribution in [2.45, 2.75) is 38.6 Å². The molecule has 160 valence electrons. The molecule has 1 unspecified atom stereocenters. The molecule has 2 aliphatic heterocycles. The zero-order chi connectivity index (χ0) is 20.8. The first-order valence-corrected chi connectivity index (χ1v) is 10.4. The van der Waals surface area contributed by atoms with E-state index >= 15 is 0 Å². The van der Waals surface area contributed by atoms with Gasteiger partial charge in [0.1, 0.15) is 11.6 Å². The van der Waals surface area contributed by atoms with Crippen molar-refractivity contribution in [3.8, 4) is 0 Å². The topological polar surface area (TPSA) is 51.2 Å². The Balaban J connectivity index is 1.46. The van der Waals surface area contributed by atoms with Crippen molar-refractivity contribution in [2.75, 3.05) is 51.2 Å².